The second-order valence-electron chi connectivity index (χ2n) is 4.37. The molecule has 1 atom stereocenters. The second kappa shape index (κ2) is 6.58. The Labute approximate surface area is 84.1 Å². The van der Waals surface area contributed by atoms with E-state index in [4.69, 9.17) is 0 Å². The maximum Gasteiger partial charge on any atom is 0.247 e. The molecule has 0 aromatic heterocycles. The van der Waals surface area contributed by atoms with Gasteiger partial charge in [-0.3, -0.25) is 0 Å². The van der Waals surface area contributed by atoms with Crippen LogP contribution < -0.4 is 0 Å². The normalized spacial score (nSPS) is 14.5. The third-order valence-electron chi connectivity index (χ3n) is 2.81. The van der Waals surface area contributed by atoms with Crippen molar-refractivity contribution in [3.63, 3.8) is 0 Å². The Hall–Kier alpha value is 0.147. The van der Waals surface area contributed by atoms with Gasteiger partial charge < -0.3 is 4.11 Å². The minimum Gasteiger partial charge on any atom is -0.314 e. The molecule has 2 heteroatoms. The first-order valence-electron chi connectivity index (χ1n) is 5.76. The fraction of sp³-hybridized carbons (Fsp3) is 1.00. The lowest BCUT2D eigenvalue weighted by atomic mass is 10.2. The Morgan fingerprint density at radius 1 is 1.08 bits per heavy atom. The van der Waals surface area contributed by atoms with Gasteiger partial charge in [-0.15, -0.1) is 0 Å². The summed E-state index contributed by atoms with van der Waals surface area (Å²) in [5.74, 6) is 0.592. The molecule has 13 heavy (non-hydrogen) atoms. The van der Waals surface area contributed by atoms with Crippen LogP contribution in [0.3, 0.4) is 0 Å². The van der Waals surface area contributed by atoms with Crippen molar-refractivity contribution < 1.29 is 4.11 Å². The molecule has 0 bridgehead atoms. The van der Waals surface area contributed by atoms with Crippen molar-refractivity contribution >= 4 is 8.41 Å². The molecule has 0 rings (SSSR count). The minimum absolute atomic E-state index is 0.592. The SMILES string of the molecule is CCC[Si](F)(CCC)CC(C)CC. The van der Waals surface area contributed by atoms with E-state index in [9.17, 15) is 4.11 Å². The monoisotopic (exact) mass is 204 g/mol. The minimum atomic E-state index is -2.33. The Morgan fingerprint density at radius 3 is 1.85 bits per heavy atom. The fourth-order valence-corrected chi connectivity index (χ4v) is 5.98. The van der Waals surface area contributed by atoms with E-state index in [0.29, 0.717) is 5.92 Å². The van der Waals surface area contributed by atoms with E-state index in [1.807, 2.05) is 0 Å². The molecule has 0 spiro atoms. The largest absolute Gasteiger partial charge is 0.314 e. The topological polar surface area (TPSA) is 0 Å². The molecular weight excluding hydrogens is 179 g/mol. The maximum atomic E-state index is 14.4. The summed E-state index contributed by atoms with van der Waals surface area (Å²) in [6.45, 7) is 8.56. The van der Waals surface area contributed by atoms with Gasteiger partial charge in [0.1, 0.15) is 0 Å². The van der Waals surface area contributed by atoms with Crippen LogP contribution in [0.2, 0.25) is 18.1 Å². The van der Waals surface area contributed by atoms with Crippen LogP contribution in [-0.4, -0.2) is 8.41 Å². The van der Waals surface area contributed by atoms with Crippen LogP contribution in [0.1, 0.15) is 47.0 Å². The van der Waals surface area contributed by atoms with Gasteiger partial charge in [0.15, 0.2) is 0 Å². The molecule has 0 radical (unpaired) electrons. The molecule has 0 aromatic rings. The molecule has 0 amide bonds. The smallest absolute Gasteiger partial charge is 0.247 e. The van der Waals surface area contributed by atoms with E-state index in [0.717, 1.165) is 37.4 Å². The predicted octanol–water partition coefficient (Wildman–Crippen LogP) is 4.77. The third kappa shape index (κ3) is 5.45. The van der Waals surface area contributed by atoms with Gasteiger partial charge in [-0.1, -0.05) is 47.0 Å². The number of hydrogen-bond donors (Lipinski definition) is 0. The van der Waals surface area contributed by atoms with E-state index in [1.165, 1.54) is 0 Å². The summed E-state index contributed by atoms with van der Waals surface area (Å²) in [5.41, 5.74) is 0. The van der Waals surface area contributed by atoms with Crippen molar-refractivity contribution in [2.45, 2.75) is 65.1 Å². The Bertz CT molecular complexity index is 119. The zero-order valence-corrected chi connectivity index (χ0v) is 10.7. The molecule has 80 valence electrons. The van der Waals surface area contributed by atoms with Crippen molar-refractivity contribution in [2.24, 2.45) is 5.92 Å². The van der Waals surface area contributed by atoms with Gasteiger partial charge in [0.05, 0.1) is 0 Å². The lowest BCUT2D eigenvalue weighted by Crippen LogP contribution is -2.30. The first kappa shape index (κ1) is 13.1. The average Bonchev–Trinajstić information content (AvgIpc) is 2.04. The number of halogens is 1. The molecule has 0 nitrogen and oxygen atoms in total. The van der Waals surface area contributed by atoms with Crippen molar-refractivity contribution in [3.8, 4) is 0 Å². The summed E-state index contributed by atoms with van der Waals surface area (Å²) < 4.78 is 14.4. The molecule has 0 saturated heterocycles. The first-order chi connectivity index (χ1) is 6.08. The van der Waals surface area contributed by atoms with Crippen LogP contribution in [0.25, 0.3) is 0 Å². The van der Waals surface area contributed by atoms with Gasteiger partial charge in [0.2, 0.25) is 8.41 Å². The van der Waals surface area contributed by atoms with Crippen molar-refractivity contribution in [3.05, 3.63) is 0 Å². The fourth-order valence-electron chi connectivity index (χ4n) is 1.99. The maximum absolute atomic E-state index is 14.4. The van der Waals surface area contributed by atoms with Crippen molar-refractivity contribution in [2.75, 3.05) is 0 Å². The Morgan fingerprint density at radius 2 is 1.54 bits per heavy atom. The summed E-state index contributed by atoms with van der Waals surface area (Å²) in [5, 5.41) is 0. The molecule has 0 heterocycles. The third-order valence-corrected chi connectivity index (χ3v) is 7.03. The van der Waals surface area contributed by atoms with Crippen molar-refractivity contribution in [1.82, 2.24) is 0 Å². The van der Waals surface area contributed by atoms with Crippen LogP contribution in [-0.2, 0) is 0 Å². The molecule has 0 aliphatic rings. The quantitative estimate of drug-likeness (QED) is 0.414. The summed E-state index contributed by atoms with van der Waals surface area (Å²) in [4.78, 5) is 0. The molecule has 0 saturated carbocycles. The Kier molecular flexibility index (Phi) is 6.65. The standard InChI is InChI=1S/C11H25FSi/c1-5-8-13(12,9-6-2)10-11(4)7-3/h11H,5-10H2,1-4H3. The highest BCUT2D eigenvalue weighted by Gasteiger charge is 2.33. The van der Waals surface area contributed by atoms with Crippen molar-refractivity contribution in [1.29, 1.82) is 0 Å². The van der Waals surface area contributed by atoms with E-state index < -0.39 is 8.41 Å². The van der Waals surface area contributed by atoms with Gasteiger partial charge in [0, 0.05) is 0 Å². The van der Waals surface area contributed by atoms with Crippen LogP contribution in [0, 0.1) is 5.92 Å². The average molecular weight is 204 g/mol. The van der Waals surface area contributed by atoms with Crippen LogP contribution >= 0.6 is 0 Å². The number of hydrogen-bond acceptors (Lipinski definition) is 0. The zero-order valence-electron chi connectivity index (χ0n) is 9.70. The van der Waals surface area contributed by atoms with E-state index in [2.05, 4.69) is 27.7 Å². The summed E-state index contributed by atoms with van der Waals surface area (Å²) in [7, 11) is -2.33. The van der Waals surface area contributed by atoms with Gasteiger partial charge in [0.25, 0.3) is 0 Å². The molecule has 0 aliphatic carbocycles. The summed E-state index contributed by atoms with van der Waals surface area (Å²) in [6, 6.07) is 2.65. The van der Waals surface area contributed by atoms with Crippen LogP contribution in [0.15, 0.2) is 0 Å². The van der Waals surface area contributed by atoms with Gasteiger partial charge >= 0.3 is 0 Å². The zero-order chi connectivity index (χ0) is 10.3. The predicted molar refractivity (Wildman–Crippen MR) is 61.3 cm³/mol. The summed E-state index contributed by atoms with van der Waals surface area (Å²) in [6.07, 6.45) is 3.18. The summed E-state index contributed by atoms with van der Waals surface area (Å²) >= 11 is 0. The molecule has 0 aromatic carbocycles. The second-order valence-corrected chi connectivity index (χ2v) is 8.08. The van der Waals surface area contributed by atoms with Gasteiger partial charge in [-0.25, -0.2) is 0 Å². The Balaban J connectivity index is 4.05. The highest BCUT2D eigenvalue weighted by atomic mass is 28.4. The van der Waals surface area contributed by atoms with Crippen LogP contribution in [0.5, 0.6) is 0 Å². The van der Waals surface area contributed by atoms with E-state index >= 15 is 0 Å². The molecular formula is C11H25FSi. The highest BCUT2D eigenvalue weighted by Crippen LogP contribution is 2.30. The molecule has 0 aliphatic heterocycles. The van der Waals surface area contributed by atoms with E-state index in [-0.39, 0.29) is 0 Å². The molecule has 0 N–H and O–H groups in total. The molecule has 0 fully saturated rings. The van der Waals surface area contributed by atoms with Gasteiger partial charge in [-0.05, 0) is 24.1 Å². The number of rotatable bonds is 7. The lowest BCUT2D eigenvalue weighted by Gasteiger charge is -2.24. The highest BCUT2D eigenvalue weighted by molar-refractivity contribution is 6.73. The lowest BCUT2D eigenvalue weighted by molar-refractivity contribution is 0.576. The first-order valence-corrected chi connectivity index (χ1v) is 8.26. The molecule has 1 unspecified atom stereocenters. The van der Waals surface area contributed by atoms with E-state index in [1.54, 1.807) is 0 Å². The van der Waals surface area contributed by atoms with Crippen LogP contribution in [0.4, 0.5) is 4.11 Å². The van der Waals surface area contributed by atoms with Gasteiger partial charge in [-0.2, -0.15) is 0 Å².